The van der Waals surface area contributed by atoms with E-state index in [-0.39, 0.29) is 23.2 Å². The monoisotopic (exact) mass is 414 g/mol. The van der Waals surface area contributed by atoms with E-state index in [0.717, 1.165) is 32.7 Å². The number of quaternary nitrogens is 2. The average Bonchev–Trinajstić information content (AvgIpc) is 2.76. The van der Waals surface area contributed by atoms with Gasteiger partial charge in [0.1, 0.15) is 32.7 Å². The number of hydrogen-bond donors (Lipinski definition) is 4. The highest BCUT2D eigenvalue weighted by Crippen LogP contribution is 2.36. The highest BCUT2D eigenvalue weighted by Gasteiger charge is 2.24. The van der Waals surface area contributed by atoms with E-state index in [0.29, 0.717) is 12.1 Å². The zero-order valence-corrected chi connectivity index (χ0v) is 17.5. The molecule has 1 aliphatic rings. The van der Waals surface area contributed by atoms with Gasteiger partial charge in [-0.2, -0.15) is 5.10 Å². The number of methoxy groups -OCH3 is 2. The molecule has 0 spiro atoms. The molecule has 1 heterocycles. The van der Waals surface area contributed by atoms with Gasteiger partial charge in [0.25, 0.3) is 5.91 Å². The molecular formula is C22H30N4O4+2. The highest BCUT2D eigenvalue weighted by atomic mass is 16.5. The summed E-state index contributed by atoms with van der Waals surface area (Å²) >= 11 is 0. The van der Waals surface area contributed by atoms with E-state index in [9.17, 15) is 9.90 Å². The Hall–Kier alpha value is -3.10. The van der Waals surface area contributed by atoms with Gasteiger partial charge in [-0.15, -0.1) is 0 Å². The van der Waals surface area contributed by atoms with Crippen molar-refractivity contribution in [3.05, 3.63) is 53.6 Å². The number of amides is 1. The average molecular weight is 415 g/mol. The van der Waals surface area contributed by atoms with Crippen molar-refractivity contribution in [2.45, 2.75) is 6.54 Å². The van der Waals surface area contributed by atoms with Crippen molar-refractivity contribution in [1.82, 2.24) is 5.43 Å². The van der Waals surface area contributed by atoms with Crippen LogP contribution < -0.4 is 24.7 Å². The van der Waals surface area contributed by atoms with Crippen molar-refractivity contribution in [1.29, 1.82) is 0 Å². The van der Waals surface area contributed by atoms with Crippen molar-refractivity contribution in [3.63, 3.8) is 0 Å². The molecule has 0 aliphatic carbocycles. The number of aromatic hydroxyl groups is 1. The third-order valence-electron chi connectivity index (χ3n) is 5.28. The number of benzene rings is 2. The van der Waals surface area contributed by atoms with E-state index in [4.69, 9.17) is 9.47 Å². The molecule has 0 saturated carbocycles. The molecule has 0 atom stereocenters. The summed E-state index contributed by atoms with van der Waals surface area (Å²) in [6.07, 6.45) is 1.50. The van der Waals surface area contributed by atoms with Gasteiger partial charge in [-0.3, -0.25) is 4.79 Å². The lowest BCUT2D eigenvalue weighted by atomic mass is 10.2. The molecule has 1 saturated heterocycles. The molecule has 0 aromatic heterocycles. The maximum atomic E-state index is 12.2. The molecule has 0 bridgehead atoms. The van der Waals surface area contributed by atoms with Gasteiger partial charge in [0.2, 0.25) is 5.75 Å². The molecule has 8 nitrogen and oxygen atoms in total. The minimum Gasteiger partial charge on any atom is -0.502 e. The molecule has 0 unspecified atom stereocenters. The maximum Gasteiger partial charge on any atom is 0.295 e. The number of hydrazone groups is 1. The Labute approximate surface area is 176 Å². The molecule has 1 fully saturated rings. The predicted octanol–water partition coefficient (Wildman–Crippen LogP) is -1.16. The molecule has 4 N–H and O–H groups in total. The fourth-order valence-electron chi connectivity index (χ4n) is 3.63. The second-order valence-electron chi connectivity index (χ2n) is 7.41. The second kappa shape index (κ2) is 10.6. The number of hydrogen-bond acceptors (Lipinski definition) is 5. The minimum absolute atomic E-state index is 0.0710. The first-order valence-corrected chi connectivity index (χ1v) is 10.1. The number of ether oxygens (including phenoxy) is 2. The first-order chi connectivity index (χ1) is 14.6. The summed E-state index contributed by atoms with van der Waals surface area (Å²) in [6.45, 7) is 5.46. The predicted molar refractivity (Wildman–Crippen MR) is 113 cm³/mol. The highest BCUT2D eigenvalue weighted by molar-refractivity contribution is 5.84. The standard InChI is InChI=1S/C22H28N4O4/c1-29-19-12-18(13-20(30-2)22(19)28)14-23-24-21(27)16-26-10-8-25(9-11-26)15-17-6-4-3-5-7-17/h3-7,12-14,28H,8-11,15-16H2,1-2H3,(H,24,27)/p+2/b23-14+. The normalized spacial score (nSPS) is 18.9. The number of piperazine rings is 1. The Morgan fingerprint density at radius 3 is 2.27 bits per heavy atom. The summed E-state index contributed by atoms with van der Waals surface area (Å²) in [5, 5.41) is 14.0. The fourth-order valence-corrected chi connectivity index (χ4v) is 3.63. The van der Waals surface area contributed by atoms with E-state index >= 15 is 0 Å². The van der Waals surface area contributed by atoms with Crippen LogP contribution in [0.2, 0.25) is 0 Å². The Morgan fingerprint density at radius 1 is 1.07 bits per heavy atom. The van der Waals surface area contributed by atoms with Crippen LogP contribution in [0, 0.1) is 0 Å². The molecule has 160 valence electrons. The minimum atomic E-state index is -0.120. The molecule has 1 aliphatic heterocycles. The fraction of sp³-hybridized carbons (Fsp3) is 0.364. The van der Waals surface area contributed by atoms with E-state index in [1.54, 1.807) is 17.0 Å². The molecule has 1 amide bonds. The van der Waals surface area contributed by atoms with E-state index in [1.807, 2.05) is 6.07 Å². The Bertz CT molecular complexity index is 840. The zero-order valence-electron chi connectivity index (χ0n) is 17.5. The third kappa shape index (κ3) is 5.95. The van der Waals surface area contributed by atoms with Gasteiger partial charge in [0, 0.05) is 11.1 Å². The van der Waals surface area contributed by atoms with Crippen LogP contribution in [0.3, 0.4) is 0 Å². The van der Waals surface area contributed by atoms with Gasteiger partial charge in [-0.05, 0) is 12.1 Å². The topological polar surface area (TPSA) is 89.0 Å². The van der Waals surface area contributed by atoms with Gasteiger partial charge < -0.3 is 24.4 Å². The third-order valence-corrected chi connectivity index (χ3v) is 5.28. The van der Waals surface area contributed by atoms with Crippen molar-refractivity contribution < 1.29 is 29.2 Å². The summed E-state index contributed by atoms with van der Waals surface area (Å²) < 4.78 is 10.2. The number of phenols is 1. The van der Waals surface area contributed by atoms with Gasteiger partial charge in [0.15, 0.2) is 18.0 Å². The summed E-state index contributed by atoms with van der Waals surface area (Å²) in [7, 11) is 2.92. The summed E-state index contributed by atoms with van der Waals surface area (Å²) in [4.78, 5) is 15.1. The molecule has 3 rings (SSSR count). The van der Waals surface area contributed by atoms with Crippen LogP contribution in [0.1, 0.15) is 11.1 Å². The van der Waals surface area contributed by atoms with Crippen LogP contribution >= 0.6 is 0 Å². The van der Waals surface area contributed by atoms with E-state index in [2.05, 4.69) is 34.8 Å². The van der Waals surface area contributed by atoms with Gasteiger partial charge in [-0.25, -0.2) is 5.43 Å². The molecule has 30 heavy (non-hydrogen) atoms. The molecule has 0 radical (unpaired) electrons. The van der Waals surface area contributed by atoms with E-state index < -0.39 is 0 Å². The van der Waals surface area contributed by atoms with Gasteiger partial charge in [-0.1, -0.05) is 30.3 Å². The largest absolute Gasteiger partial charge is 0.502 e. The van der Waals surface area contributed by atoms with Crippen LogP contribution in [0.5, 0.6) is 17.2 Å². The smallest absolute Gasteiger partial charge is 0.295 e. The number of phenolic OH excluding ortho intramolecular Hbond substituents is 1. The van der Waals surface area contributed by atoms with Gasteiger partial charge >= 0.3 is 0 Å². The lowest BCUT2D eigenvalue weighted by Gasteiger charge is -2.29. The van der Waals surface area contributed by atoms with Crippen molar-refractivity contribution in [3.8, 4) is 17.2 Å². The Balaban J connectivity index is 1.44. The summed E-state index contributed by atoms with van der Waals surface area (Å²) in [5.41, 5.74) is 4.58. The summed E-state index contributed by atoms with van der Waals surface area (Å²) in [6, 6.07) is 13.8. The number of nitrogens with one attached hydrogen (secondary N) is 3. The van der Waals surface area contributed by atoms with Crippen LogP contribution in [-0.4, -0.2) is 64.2 Å². The summed E-state index contributed by atoms with van der Waals surface area (Å²) in [5.74, 6) is 0.369. The SMILES string of the molecule is COc1cc(/C=N/NC(=O)C[NH+]2CC[NH+](Cc3ccccc3)CC2)cc(OC)c1O. The number of carbonyl (C=O) groups is 1. The lowest BCUT2D eigenvalue weighted by Crippen LogP contribution is -3.28. The Morgan fingerprint density at radius 2 is 1.67 bits per heavy atom. The van der Waals surface area contributed by atoms with Crippen molar-refractivity contribution >= 4 is 12.1 Å². The molecule has 2 aromatic carbocycles. The maximum absolute atomic E-state index is 12.2. The number of rotatable bonds is 8. The molecular weight excluding hydrogens is 384 g/mol. The molecule has 2 aromatic rings. The first-order valence-electron chi connectivity index (χ1n) is 10.1. The van der Waals surface area contributed by atoms with Crippen LogP contribution in [0.25, 0.3) is 0 Å². The van der Waals surface area contributed by atoms with Crippen LogP contribution in [-0.2, 0) is 11.3 Å². The zero-order chi connectivity index (χ0) is 21.3. The van der Waals surface area contributed by atoms with Crippen molar-refractivity contribution in [2.24, 2.45) is 5.10 Å². The quantitative estimate of drug-likeness (QED) is 0.324. The number of carbonyl (C=O) groups excluding carboxylic acids is 1. The second-order valence-corrected chi connectivity index (χ2v) is 7.41. The van der Waals surface area contributed by atoms with Crippen LogP contribution in [0.15, 0.2) is 47.6 Å². The first kappa shape index (κ1) is 21.6. The Kier molecular flexibility index (Phi) is 7.64. The van der Waals surface area contributed by atoms with E-state index in [1.165, 1.54) is 30.9 Å². The molecule has 8 heteroatoms. The van der Waals surface area contributed by atoms with Crippen molar-refractivity contribution in [2.75, 3.05) is 46.9 Å². The van der Waals surface area contributed by atoms with Gasteiger partial charge in [0.05, 0.1) is 20.4 Å². The lowest BCUT2D eigenvalue weighted by molar-refractivity contribution is -1.02. The number of nitrogens with zero attached hydrogens (tertiary/aromatic N) is 1. The van der Waals surface area contributed by atoms with Crippen LogP contribution in [0.4, 0.5) is 0 Å².